The SMILES string of the molecule is CCC(C(=O)O)C1(c2cc(C)ccc2C)COC1. The molecule has 0 aromatic heterocycles. The van der Waals surface area contributed by atoms with Crippen molar-refractivity contribution >= 4 is 5.97 Å². The van der Waals surface area contributed by atoms with E-state index in [0.717, 1.165) is 11.1 Å². The minimum atomic E-state index is -0.721. The van der Waals surface area contributed by atoms with Gasteiger partial charge in [0.25, 0.3) is 0 Å². The highest BCUT2D eigenvalue weighted by molar-refractivity contribution is 5.73. The van der Waals surface area contributed by atoms with Crippen LogP contribution in [0.25, 0.3) is 0 Å². The Kier molecular flexibility index (Phi) is 3.44. The highest BCUT2D eigenvalue weighted by atomic mass is 16.5. The zero-order chi connectivity index (χ0) is 13.3. The van der Waals surface area contributed by atoms with Gasteiger partial charge >= 0.3 is 5.97 Å². The van der Waals surface area contributed by atoms with Crippen LogP contribution in [-0.2, 0) is 14.9 Å². The third kappa shape index (κ3) is 1.93. The minimum absolute atomic E-state index is 0.337. The second-order valence-corrected chi connectivity index (χ2v) is 5.27. The maximum Gasteiger partial charge on any atom is 0.307 e. The van der Waals surface area contributed by atoms with Crippen LogP contribution in [0, 0.1) is 19.8 Å². The van der Waals surface area contributed by atoms with Gasteiger partial charge in [-0.05, 0) is 31.4 Å². The summed E-state index contributed by atoms with van der Waals surface area (Å²) in [6.45, 7) is 7.05. The molecule has 3 nitrogen and oxygen atoms in total. The summed E-state index contributed by atoms with van der Waals surface area (Å²) >= 11 is 0. The number of hydrogen-bond donors (Lipinski definition) is 1. The Bertz CT molecular complexity index is 461. The zero-order valence-electron chi connectivity index (χ0n) is 11.2. The van der Waals surface area contributed by atoms with Gasteiger partial charge in [-0.2, -0.15) is 0 Å². The van der Waals surface area contributed by atoms with Gasteiger partial charge < -0.3 is 9.84 Å². The Hall–Kier alpha value is -1.35. The highest BCUT2D eigenvalue weighted by Gasteiger charge is 2.50. The number of carboxylic acids is 1. The molecule has 1 saturated heterocycles. The van der Waals surface area contributed by atoms with Crippen molar-refractivity contribution in [3.63, 3.8) is 0 Å². The highest BCUT2D eigenvalue weighted by Crippen LogP contribution is 2.42. The van der Waals surface area contributed by atoms with Crippen LogP contribution >= 0.6 is 0 Å². The molecule has 1 aliphatic heterocycles. The molecule has 0 spiro atoms. The molecule has 0 radical (unpaired) electrons. The molecule has 1 heterocycles. The summed E-state index contributed by atoms with van der Waals surface area (Å²) in [4.78, 5) is 11.5. The first-order chi connectivity index (χ1) is 8.51. The molecule has 98 valence electrons. The Morgan fingerprint density at radius 3 is 2.56 bits per heavy atom. The lowest BCUT2D eigenvalue weighted by Gasteiger charge is -2.46. The smallest absolute Gasteiger partial charge is 0.307 e. The van der Waals surface area contributed by atoms with Crippen LogP contribution in [-0.4, -0.2) is 24.3 Å². The number of rotatable bonds is 4. The first-order valence-corrected chi connectivity index (χ1v) is 6.39. The van der Waals surface area contributed by atoms with E-state index in [0.29, 0.717) is 19.6 Å². The molecule has 1 aromatic carbocycles. The number of aliphatic carboxylic acids is 1. The van der Waals surface area contributed by atoms with Crippen LogP contribution in [0.5, 0.6) is 0 Å². The van der Waals surface area contributed by atoms with Gasteiger partial charge in [0.15, 0.2) is 0 Å². The van der Waals surface area contributed by atoms with Crippen molar-refractivity contribution in [2.75, 3.05) is 13.2 Å². The van der Waals surface area contributed by atoms with Crippen LogP contribution in [0.15, 0.2) is 18.2 Å². The first kappa shape index (κ1) is 13.1. The predicted octanol–water partition coefficient (Wildman–Crippen LogP) is 2.68. The first-order valence-electron chi connectivity index (χ1n) is 6.39. The minimum Gasteiger partial charge on any atom is -0.481 e. The van der Waals surface area contributed by atoms with Gasteiger partial charge in [0.2, 0.25) is 0 Å². The van der Waals surface area contributed by atoms with Crippen LogP contribution in [0.3, 0.4) is 0 Å². The molecule has 0 amide bonds. The summed E-state index contributed by atoms with van der Waals surface area (Å²) in [5, 5.41) is 9.44. The number of aryl methyl sites for hydroxylation is 2. The lowest BCUT2D eigenvalue weighted by atomic mass is 9.66. The Balaban J connectivity index is 2.49. The summed E-state index contributed by atoms with van der Waals surface area (Å²) in [7, 11) is 0. The molecule has 1 aromatic rings. The fourth-order valence-corrected chi connectivity index (χ4v) is 2.94. The number of benzene rings is 1. The van der Waals surface area contributed by atoms with Gasteiger partial charge in [-0.1, -0.05) is 30.7 Å². The van der Waals surface area contributed by atoms with E-state index in [4.69, 9.17) is 4.74 Å². The van der Waals surface area contributed by atoms with Crippen molar-refractivity contribution in [3.05, 3.63) is 34.9 Å². The van der Waals surface area contributed by atoms with E-state index in [-0.39, 0.29) is 11.3 Å². The molecule has 1 fully saturated rings. The molecule has 0 aliphatic carbocycles. The molecule has 1 aliphatic rings. The Morgan fingerprint density at radius 1 is 1.44 bits per heavy atom. The Morgan fingerprint density at radius 2 is 2.11 bits per heavy atom. The van der Waals surface area contributed by atoms with Crippen LogP contribution < -0.4 is 0 Å². The van der Waals surface area contributed by atoms with E-state index >= 15 is 0 Å². The number of carbonyl (C=O) groups is 1. The van der Waals surface area contributed by atoms with E-state index in [1.807, 2.05) is 20.8 Å². The van der Waals surface area contributed by atoms with Crippen molar-refractivity contribution in [2.45, 2.75) is 32.6 Å². The van der Waals surface area contributed by atoms with Crippen molar-refractivity contribution < 1.29 is 14.6 Å². The lowest BCUT2D eigenvalue weighted by Crippen LogP contribution is -2.55. The van der Waals surface area contributed by atoms with E-state index in [1.54, 1.807) is 0 Å². The number of carboxylic acid groups (broad SMARTS) is 1. The number of hydrogen-bond acceptors (Lipinski definition) is 2. The van der Waals surface area contributed by atoms with E-state index in [2.05, 4.69) is 18.2 Å². The van der Waals surface area contributed by atoms with Gasteiger partial charge in [0.05, 0.1) is 24.5 Å². The average molecular weight is 248 g/mol. The Labute approximate surface area is 108 Å². The van der Waals surface area contributed by atoms with Crippen LogP contribution in [0.1, 0.15) is 30.0 Å². The molecule has 1 atom stereocenters. The second kappa shape index (κ2) is 4.73. The molecule has 1 unspecified atom stereocenters. The molecule has 0 saturated carbocycles. The van der Waals surface area contributed by atoms with E-state index in [1.165, 1.54) is 5.56 Å². The quantitative estimate of drug-likeness (QED) is 0.891. The van der Waals surface area contributed by atoms with Gasteiger partial charge in [-0.3, -0.25) is 4.79 Å². The third-order valence-electron chi connectivity index (χ3n) is 4.02. The van der Waals surface area contributed by atoms with Crippen molar-refractivity contribution in [1.29, 1.82) is 0 Å². The third-order valence-corrected chi connectivity index (χ3v) is 4.02. The largest absolute Gasteiger partial charge is 0.481 e. The molecule has 2 rings (SSSR count). The predicted molar refractivity (Wildman–Crippen MR) is 69.8 cm³/mol. The fraction of sp³-hybridized carbons (Fsp3) is 0.533. The van der Waals surface area contributed by atoms with E-state index in [9.17, 15) is 9.90 Å². The van der Waals surface area contributed by atoms with Gasteiger partial charge in [-0.25, -0.2) is 0 Å². The average Bonchev–Trinajstić information content (AvgIpc) is 2.26. The number of ether oxygens (including phenoxy) is 1. The maximum atomic E-state index is 11.5. The standard InChI is InChI=1S/C15H20O3/c1-4-12(14(16)17)15(8-18-9-15)13-7-10(2)5-6-11(13)3/h5-7,12H,4,8-9H2,1-3H3,(H,16,17). The summed E-state index contributed by atoms with van der Waals surface area (Å²) in [6, 6.07) is 6.25. The van der Waals surface area contributed by atoms with Crippen LogP contribution in [0.2, 0.25) is 0 Å². The van der Waals surface area contributed by atoms with Crippen LogP contribution in [0.4, 0.5) is 0 Å². The molecule has 1 N–H and O–H groups in total. The molecule has 18 heavy (non-hydrogen) atoms. The fourth-order valence-electron chi connectivity index (χ4n) is 2.94. The topological polar surface area (TPSA) is 46.5 Å². The summed E-state index contributed by atoms with van der Waals surface area (Å²) in [5.74, 6) is -1.09. The molecular formula is C15H20O3. The van der Waals surface area contributed by atoms with Gasteiger partial charge in [0, 0.05) is 0 Å². The van der Waals surface area contributed by atoms with Crippen molar-refractivity contribution in [1.82, 2.24) is 0 Å². The second-order valence-electron chi connectivity index (χ2n) is 5.27. The monoisotopic (exact) mass is 248 g/mol. The normalized spacial score (nSPS) is 19.1. The zero-order valence-corrected chi connectivity index (χ0v) is 11.2. The maximum absolute atomic E-state index is 11.5. The summed E-state index contributed by atoms with van der Waals surface area (Å²) < 4.78 is 5.36. The van der Waals surface area contributed by atoms with Gasteiger partial charge in [0.1, 0.15) is 0 Å². The summed E-state index contributed by atoms with van der Waals surface area (Å²) in [5.41, 5.74) is 3.13. The molecule has 3 heteroatoms. The molecule has 0 bridgehead atoms. The lowest BCUT2D eigenvalue weighted by molar-refractivity contribution is -0.157. The van der Waals surface area contributed by atoms with Gasteiger partial charge in [-0.15, -0.1) is 0 Å². The summed E-state index contributed by atoms with van der Waals surface area (Å²) in [6.07, 6.45) is 0.631. The van der Waals surface area contributed by atoms with Crippen molar-refractivity contribution in [2.24, 2.45) is 5.92 Å². The van der Waals surface area contributed by atoms with Crippen molar-refractivity contribution in [3.8, 4) is 0 Å². The molecular weight excluding hydrogens is 228 g/mol. The van der Waals surface area contributed by atoms with E-state index < -0.39 is 5.97 Å².